The van der Waals surface area contributed by atoms with E-state index in [2.05, 4.69) is 6.58 Å². The first kappa shape index (κ1) is 27.4. The number of rotatable bonds is 9. The summed E-state index contributed by atoms with van der Waals surface area (Å²) in [5.74, 6) is -3.06. The first-order valence-electron chi connectivity index (χ1n) is 13.4. The largest absolute Gasteiger partial charge is 0.486 e. The second kappa shape index (κ2) is 12.3. The monoisotopic (exact) mass is 516 g/mol. The molecular formula is C31H36F4O2. The van der Waals surface area contributed by atoms with Gasteiger partial charge in [0.1, 0.15) is 6.61 Å². The normalized spacial score (nSPS) is 22.9. The van der Waals surface area contributed by atoms with Crippen LogP contribution in [0.4, 0.5) is 17.6 Å². The lowest BCUT2D eigenvalue weighted by molar-refractivity contribution is 0.120. The van der Waals surface area contributed by atoms with E-state index in [0.717, 1.165) is 44.1 Å². The van der Waals surface area contributed by atoms with Gasteiger partial charge in [0.2, 0.25) is 5.82 Å². The lowest BCUT2D eigenvalue weighted by Crippen LogP contribution is -2.18. The molecule has 0 bridgehead atoms. The van der Waals surface area contributed by atoms with Gasteiger partial charge < -0.3 is 9.84 Å². The van der Waals surface area contributed by atoms with Crippen molar-refractivity contribution in [3.05, 3.63) is 83.0 Å². The lowest BCUT2D eigenvalue weighted by atomic mass is 9.76. The van der Waals surface area contributed by atoms with Gasteiger partial charge in [0.15, 0.2) is 23.2 Å². The Balaban J connectivity index is 1.33. The minimum Gasteiger partial charge on any atom is -0.486 e. The summed E-state index contributed by atoms with van der Waals surface area (Å²) in [7, 11) is 0. The predicted octanol–water partition coefficient (Wildman–Crippen LogP) is 8.28. The van der Waals surface area contributed by atoms with Crippen molar-refractivity contribution in [2.45, 2.75) is 76.7 Å². The highest BCUT2D eigenvalue weighted by atomic mass is 19.2. The minimum atomic E-state index is -0.964. The minimum absolute atomic E-state index is 0.0649. The zero-order chi connectivity index (χ0) is 26.5. The fraction of sp³-hybridized carbons (Fsp3) is 0.484. The molecule has 4 rings (SSSR count). The number of allylic oxidation sites excluding steroid dienone is 2. The van der Waals surface area contributed by atoms with Gasteiger partial charge in [-0.15, -0.1) is 0 Å². The molecule has 200 valence electrons. The summed E-state index contributed by atoms with van der Waals surface area (Å²) in [6.45, 7) is 5.38. The smallest absolute Gasteiger partial charge is 0.200 e. The summed E-state index contributed by atoms with van der Waals surface area (Å²) in [6, 6.07) is 6.45. The van der Waals surface area contributed by atoms with Crippen LogP contribution in [0.3, 0.4) is 0 Å². The van der Waals surface area contributed by atoms with Gasteiger partial charge in [0.25, 0.3) is 0 Å². The van der Waals surface area contributed by atoms with Gasteiger partial charge in [-0.25, -0.2) is 13.2 Å². The highest BCUT2D eigenvalue weighted by Crippen LogP contribution is 2.40. The lowest BCUT2D eigenvalue weighted by Gasteiger charge is -2.29. The molecule has 2 unspecified atom stereocenters. The maximum Gasteiger partial charge on any atom is 0.200 e. The number of benzene rings is 2. The third kappa shape index (κ3) is 6.28. The van der Waals surface area contributed by atoms with Gasteiger partial charge in [0, 0.05) is 5.56 Å². The maximum atomic E-state index is 14.9. The van der Waals surface area contributed by atoms with Gasteiger partial charge >= 0.3 is 0 Å². The Labute approximate surface area is 217 Å². The van der Waals surface area contributed by atoms with Crippen LogP contribution in [0.1, 0.15) is 80.9 Å². The number of aliphatic hydroxyl groups excluding tert-OH is 1. The van der Waals surface area contributed by atoms with E-state index in [9.17, 15) is 22.7 Å². The van der Waals surface area contributed by atoms with Crippen LogP contribution in [0.5, 0.6) is 5.75 Å². The molecule has 37 heavy (non-hydrogen) atoms. The van der Waals surface area contributed by atoms with Crippen LogP contribution >= 0.6 is 0 Å². The molecule has 0 spiro atoms. The van der Waals surface area contributed by atoms with Gasteiger partial charge in [-0.3, -0.25) is 0 Å². The molecule has 1 saturated carbocycles. The number of halogens is 4. The third-order valence-corrected chi connectivity index (χ3v) is 8.18. The van der Waals surface area contributed by atoms with Gasteiger partial charge in [-0.1, -0.05) is 36.9 Å². The molecule has 0 aliphatic heterocycles. The maximum absolute atomic E-state index is 14.9. The van der Waals surface area contributed by atoms with E-state index in [1.807, 2.05) is 6.08 Å². The molecule has 0 radical (unpaired) electrons. The van der Waals surface area contributed by atoms with Crippen LogP contribution in [0.25, 0.3) is 5.57 Å². The number of aryl methyl sites for hydroxylation is 1. The van der Waals surface area contributed by atoms with Crippen molar-refractivity contribution in [3.8, 4) is 5.75 Å². The van der Waals surface area contributed by atoms with Gasteiger partial charge in [-0.05, 0) is 105 Å². The molecular weight excluding hydrogens is 480 g/mol. The van der Waals surface area contributed by atoms with Crippen molar-refractivity contribution in [2.75, 3.05) is 6.61 Å². The quantitative estimate of drug-likeness (QED) is 0.268. The Morgan fingerprint density at radius 2 is 1.73 bits per heavy atom. The summed E-state index contributed by atoms with van der Waals surface area (Å²) >= 11 is 0. The average molecular weight is 517 g/mol. The molecule has 2 aliphatic carbocycles. The summed E-state index contributed by atoms with van der Waals surface area (Å²) in [5, 5.41) is 9.76. The Morgan fingerprint density at radius 3 is 2.38 bits per heavy atom. The van der Waals surface area contributed by atoms with E-state index in [0.29, 0.717) is 41.9 Å². The van der Waals surface area contributed by atoms with E-state index < -0.39 is 29.4 Å². The molecule has 2 aromatic rings. The highest BCUT2D eigenvalue weighted by molar-refractivity contribution is 5.67. The van der Waals surface area contributed by atoms with Crippen molar-refractivity contribution in [1.29, 1.82) is 0 Å². The summed E-state index contributed by atoms with van der Waals surface area (Å²) in [5.41, 5.74) is 1.88. The predicted molar refractivity (Wildman–Crippen MR) is 138 cm³/mol. The third-order valence-electron chi connectivity index (χ3n) is 8.18. The van der Waals surface area contributed by atoms with E-state index in [1.165, 1.54) is 12.1 Å². The fourth-order valence-corrected chi connectivity index (χ4v) is 5.81. The second-order valence-electron chi connectivity index (χ2n) is 10.5. The summed E-state index contributed by atoms with van der Waals surface area (Å²) in [4.78, 5) is 0. The number of hydrogen-bond acceptors (Lipinski definition) is 2. The zero-order valence-electron chi connectivity index (χ0n) is 21.4. The van der Waals surface area contributed by atoms with Crippen LogP contribution in [0, 0.1) is 35.1 Å². The molecule has 0 saturated heterocycles. The van der Waals surface area contributed by atoms with Crippen molar-refractivity contribution in [1.82, 2.24) is 0 Å². The number of aliphatic hydroxyl groups is 1. The summed E-state index contributed by atoms with van der Waals surface area (Å²) < 4.78 is 64.1. The average Bonchev–Trinajstić information content (AvgIpc) is 2.91. The molecule has 2 aromatic carbocycles. The number of hydrogen-bond donors (Lipinski definition) is 1. The Kier molecular flexibility index (Phi) is 9.12. The van der Waals surface area contributed by atoms with Crippen molar-refractivity contribution in [2.24, 2.45) is 11.8 Å². The van der Waals surface area contributed by atoms with Crippen molar-refractivity contribution >= 4 is 5.57 Å². The van der Waals surface area contributed by atoms with E-state index >= 15 is 0 Å². The highest BCUT2D eigenvalue weighted by Gasteiger charge is 2.27. The van der Waals surface area contributed by atoms with Crippen LogP contribution in [0.15, 0.2) is 43.0 Å². The standard InChI is InChI=1S/C31H36F4O2/c1-3-18-37-27-17-16-26(30(34)31(27)35)22-7-4-20(5-8-22)6-9-24-14-15-25(29(33)28(24)32)23-12-10-21(11-13-23)19(2)36/h3,12,14-17,19-22,36H,1,4-11,13,18H2,2H3. The van der Waals surface area contributed by atoms with Gasteiger partial charge in [0.05, 0.1) is 6.10 Å². The second-order valence-corrected chi connectivity index (χ2v) is 10.5. The van der Waals surface area contributed by atoms with E-state index in [1.54, 1.807) is 25.1 Å². The van der Waals surface area contributed by atoms with Gasteiger partial charge in [-0.2, -0.15) is 4.39 Å². The molecule has 0 heterocycles. The summed E-state index contributed by atoms with van der Waals surface area (Å²) in [6.07, 6.45) is 9.35. The first-order valence-corrected chi connectivity index (χ1v) is 13.4. The van der Waals surface area contributed by atoms with Crippen molar-refractivity contribution in [3.63, 3.8) is 0 Å². The molecule has 6 heteroatoms. The SMILES string of the molecule is C=CCOc1ccc(C2CCC(CCc3ccc(C4=CCC(C(C)O)CC4)c(F)c3F)CC2)c(F)c1F. The molecule has 0 amide bonds. The first-order chi connectivity index (χ1) is 17.8. The molecule has 2 aliphatic rings. The van der Waals surface area contributed by atoms with Crippen LogP contribution < -0.4 is 4.74 Å². The van der Waals surface area contributed by atoms with E-state index in [-0.39, 0.29) is 24.2 Å². The van der Waals surface area contributed by atoms with Crippen LogP contribution in [-0.2, 0) is 6.42 Å². The molecule has 1 fully saturated rings. The van der Waals surface area contributed by atoms with Crippen molar-refractivity contribution < 1.29 is 27.4 Å². The van der Waals surface area contributed by atoms with E-state index in [4.69, 9.17) is 4.74 Å². The molecule has 0 aromatic heterocycles. The van der Waals surface area contributed by atoms with Crippen LogP contribution in [-0.4, -0.2) is 17.8 Å². The Bertz CT molecular complexity index is 1130. The Hall–Kier alpha value is -2.60. The molecule has 1 N–H and O–H groups in total. The molecule has 2 atom stereocenters. The topological polar surface area (TPSA) is 29.5 Å². The fourth-order valence-electron chi connectivity index (χ4n) is 5.81. The van der Waals surface area contributed by atoms with Crippen LogP contribution in [0.2, 0.25) is 0 Å². The Morgan fingerprint density at radius 1 is 0.973 bits per heavy atom. The number of ether oxygens (including phenoxy) is 1. The zero-order valence-corrected chi connectivity index (χ0v) is 21.4. The molecule has 2 nitrogen and oxygen atoms in total.